The molecule has 1 aromatic carbocycles. The summed E-state index contributed by atoms with van der Waals surface area (Å²) in [6.07, 6.45) is 1.58. The molecule has 0 bridgehead atoms. The molecule has 2 N–H and O–H groups in total. The van der Waals surface area contributed by atoms with Gasteiger partial charge in [-0.1, -0.05) is 0 Å². The monoisotopic (exact) mass is 525 g/mol. The molecule has 0 aliphatic rings. The zero-order chi connectivity index (χ0) is 20.6. The van der Waals surface area contributed by atoms with Crippen LogP contribution in [0.1, 0.15) is 18.9 Å². The van der Waals surface area contributed by atoms with Crippen LogP contribution in [0, 0.1) is 0 Å². The Morgan fingerprint density at radius 2 is 1.62 bits per heavy atom. The Labute approximate surface area is 191 Å². The molecule has 0 heterocycles. The highest BCUT2D eigenvalue weighted by molar-refractivity contribution is 14.0. The summed E-state index contributed by atoms with van der Waals surface area (Å²) in [5.74, 6) is 2.97. The minimum atomic E-state index is 0. The first kappa shape index (κ1) is 27.5. The first-order chi connectivity index (χ1) is 13.7. The summed E-state index contributed by atoms with van der Waals surface area (Å²) in [6.45, 7) is 6.13. The Morgan fingerprint density at radius 1 is 0.931 bits per heavy atom. The number of hydrogen-bond acceptors (Lipinski definition) is 6. The number of hydrogen-bond donors (Lipinski definition) is 2. The summed E-state index contributed by atoms with van der Waals surface area (Å²) >= 11 is 0. The van der Waals surface area contributed by atoms with Gasteiger partial charge in [0.1, 0.15) is 17.2 Å². The van der Waals surface area contributed by atoms with E-state index in [1.807, 2.05) is 19.1 Å². The molecule has 0 spiro atoms. The van der Waals surface area contributed by atoms with Crippen LogP contribution in [0.3, 0.4) is 0 Å². The van der Waals surface area contributed by atoms with Crippen molar-refractivity contribution in [3.63, 3.8) is 0 Å². The van der Waals surface area contributed by atoms with Crippen molar-refractivity contribution in [2.45, 2.75) is 19.8 Å². The highest BCUT2D eigenvalue weighted by atomic mass is 127. The molecule has 8 nitrogen and oxygen atoms in total. The Kier molecular flexibility index (Phi) is 16.5. The van der Waals surface area contributed by atoms with E-state index >= 15 is 0 Å². The van der Waals surface area contributed by atoms with Crippen LogP contribution < -0.4 is 24.8 Å². The van der Waals surface area contributed by atoms with Gasteiger partial charge in [-0.2, -0.15) is 0 Å². The second kappa shape index (κ2) is 17.4. The number of ether oxygens (including phenoxy) is 5. The molecule has 1 aromatic rings. The highest BCUT2D eigenvalue weighted by Crippen LogP contribution is 2.34. The maximum Gasteiger partial charge on any atom is 0.191 e. The minimum Gasteiger partial charge on any atom is -0.496 e. The van der Waals surface area contributed by atoms with E-state index in [0.717, 1.165) is 42.4 Å². The number of benzene rings is 1. The molecule has 0 radical (unpaired) electrons. The lowest BCUT2D eigenvalue weighted by Gasteiger charge is -2.16. The Hall–Kier alpha value is -1.46. The van der Waals surface area contributed by atoms with Crippen molar-refractivity contribution in [1.29, 1.82) is 0 Å². The molecule has 0 unspecified atom stereocenters. The fraction of sp³-hybridized carbons (Fsp3) is 0.650. The lowest BCUT2D eigenvalue weighted by Crippen LogP contribution is -2.38. The lowest BCUT2D eigenvalue weighted by atomic mass is 10.1. The SMILES string of the molecule is CCNC(=NCCCOCCOC)NCCc1c(OC)cc(OC)cc1OC.I. The Balaban J connectivity index is 0.00000784. The van der Waals surface area contributed by atoms with Gasteiger partial charge in [-0.25, -0.2) is 0 Å². The van der Waals surface area contributed by atoms with Gasteiger partial charge >= 0.3 is 0 Å². The number of aliphatic imine (C=N–C) groups is 1. The van der Waals surface area contributed by atoms with E-state index in [1.54, 1.807) is 28.4 Å². The van der Waals surface area contributed by atoms with Gasteiger partial charge < -0.3 is 34.3 Å². The molecule has 1 rings (SSSR count). The standard InChI is InChI=1S/C20H35N3O5.HI/c1-6-21-20(22-9-7-11-28-13-12-24-2)23-10-8-17-18(26-4)14-16(25-3)15-19(17)27-5;/h14-15H,6-13H2,1-5H3,(H2,21,22,23);1H. The van der Waals surface area contributed by atoms with Gasteiger partial charge in [-0.05, 0) is 19.8 Å². The van der Waals surface area contributed by atoms with Gasteiger partial charge in [-0.15, -0.1) is 24.0 Å². The van der Waals surface area contributed by atoms with Crippen molar-refractivity contribution >= 4 is 29.9 Å². The van der Waals surface area contributed by atoms with Crippen molar-refractivity contribution < 1.29 is 23.7 Å². The van der Waals surface area contributed by atoms with E-state index in [9.17, 15) is 0 Å². The van der Waals surface area contributed by atoms with Crippen LogP contribution in [0.4, 0.5) is 0 Å². The smallest absolute Gasteiger partial charge is 0.191 e. The van der Waals surface area contributed by atoms with Gasteiger partial charge in [0.05, 0.1) is 34.5 Å². The zero-order valence-electron chi connectivity index (χ0n) is 18.2. The Bertz CT molecular complexity index is 562. The first-order valence-electron chi connectivity index (χ1n) is 9.57. The number of nitrogens with one attached hydrogen (secondary N) is 2. The van der Waals surface area contributed by atoms with Crippen molar-refractivity contribution in [3.05, 3.63) is 17.7 Å². The molecule has 9 heteroatoms. The number of nitrogens with zero attached hydrogens (tertiary/aromatic N) is 1. The molecular formula is C20H36IN3O5. The molecule has 0 saturated carbocycles. The summed E-state index contributed by atoms with van der Waals surface area (Å²) < 4.78 is 26.7. The Morgan fingerprint density at radius 3 is 2.17 bits per heavy atom. The van der Waals surface area contributed by atoms with Crippen LogP contribution in [0.15, 0.2) is 17.1 Å². The third kappa shape index (κ3) is 10.8. The van der Waals surface area contributed by atoms with Crippen LogP contribution in [0.5, 0.6) is 17.2 Å². The van der Waals surface area contributed by atoms with Crippen LogP contribution >= 0.6 is 24.0 Å². The number of halogens is 1. The number of rotatable bonds is 14. The van der Waals surface area contributed by atoms with E-state index in [1.165, 1.54) is 0 Å². The molecule has 0 atom stereocenters. The van der Waals surface area contributed by atoms with Gasteiger partial charge in [0.15, 0.2) is 5.96 Å². The second-order valence-electron chi connectivity index (χ2n) is 5.91. The third-order valence-electron chi connectivity index (χ3n) is 3.98. The predicted molar refractivity (Wildman–Crippen MR) is 127 cm³/mol. The fourth-order valence-electron chi connectivity index (χ4n) is 2.57. The largest absolute Gasteiger partial charge is 0.496 e. The summed E-state index contributed by atoms with van der Waals surface area (Å²) in [5.41, 5.74) is 0.987. The van der Waals surface area contributed by atoms with Crippen molar-refractivity contribution in [2.24, 2.45) is 4.99 Å². The molecule has 29 heavy (non-hydrogen) atoms. The minimum absolute atomic E-state index is 0. The van der Waals surface area contributed by atoms with Gasteiger partial charge in [0.2, 0.25) is 0 Å². The maximum atomic E-state index is 5.50. The molecule has 0 aliphatic heterocycles. The quantitative estimate of drug-likeness (QED) is 0.167. The molecule has 0 fully saturated rings. The van der Waals surface area contributed by atoms with Crippen LogP contribution in [0.2, 0.25) is 0 Å². The lowest BCUT2D eigenvalue weighted by molar-refractivity contribution is 0.0702. The number of guanidine groups is 1. The van der Waals surface area contributed by atoms with Gasteiger partial charge in [0, 0.05) is 51.0 Å². The number of methoxy groups -OCH3 is 4. The van der Waals surface area contributed by atoms with Crippen LogP contribution in [-0.4, -0.2) is 73.9 Å². The highest BCUT2D eigenvalue weighted by Gasteiger charge is 2.13. The molecule has 0 amide bonds. The molecule has 0 aliphatic carbocycles. The van der Waals surface area contributed by atoms with Gasteiger partial charge in [-0.3, -0.25) is 4.99 Å². The summed E-state index contributed by atoms with van der Waals surface area (Å²) in [7, 11) is 6.58. The van der Waals surface area contributed by atoms with Crippen molar-refractivity contribution in [1.82, 2.24) is 10.6 Å². The average Bonchev–Trinajstić information content (AvgIpc) is 2.72. The maximum absolute atomic E-state index is 5.50. The molecule has 0 saturated heterocycles. The van der Waals surface area contributed by atoms with Crippen molar-refractivity contribution in [3.8, 4) is 17.2 Å². The fourth-order valence-corrected chi connectivity index (χ4v) is 2.57. The van der Waals surface area contributed by atoms with E-state index < -0.39 is 0 Å². The molecular weight excluding hydrogens is 489 g/mol. The summed E-state index contributed by atoms with van der Waals surface area (Å²) in [4.78, 5) is 4.58. The topological polar surface area (TPSA) is 82.6 Å². The van der Waals surface area contributed by atoms with Crippen LogP contribution in [-0.2, 0) is 15.9 Å². The van der Waals surface area contributed by atoms with Crippen molar-refractivity contribution in [2.75, 3.05) is 67.9 Å². The zero-order valence-corrected chi connectivity index (χ0v) is 20.5. The molecule has 0 aromatic heterocycles. The van der Waals surface area contributed by atoms with Gasteiger partial charge in [0.25, 0.3) is 0 Å². The van der Waals surface area contributed by atoms with E-state index in [2.05, 4.69) is 15.6 Å². The summed E-state index contributed by atoms with van der Waals surface area (Å²) in [6, 6.07) is 3.72. The summed E-state index contributed by atoms with van der Waals surface area (Å²) in [5, 5.41) is 6.60. The second-order valence-corrected chi connectivity index (χ2v) is 5.91. The third-order valence-corrected chi connectivity index (χ3v) is 3.98. The average molecular weight is 525 g/mol. The molecule has 168 valence electrons. The van der Waals surface area contributed by atoms with E-state index in [-0.39, 0.29) is 24.0 Å². The van der Waals surface area contributed by atoms with E-state index in [0.29, 0.717) is 38.7 Å². The van der Waals surface area contributed by atoms with E-state index in [4.69, 9.17) is 23.7 Å². The van der Waals surface area contributed by atoms with Crippen LogP contribution in [0.25, 0.3) is 0 Å². The first-order valence-corrected chi connectivity index (χ1v) is 9.57. The normalized spacial score (nSPS) is 10.9. The predicted octanol–water partition coefficient (Wildman–Crippen LogP) is 2.48.